The molecule has 6 nitrogen and oxygen atoms in total. The number of rotatable bonds is 4. The van der Waals surface area contributed by atoms with Crippen LogP contribution in [0.4, 0.5) is 8.78 Å². The van der Waals surface area contributed by atoms with Gasteiger partial charge in [-0.3, -0.25) is 14.3 Å². The lowest BCUT2D eigenvalue weighted by Gasteiger charge is -2.39. The minimum Gasteiger partial charge on any atom is -0.339 e. The molecule has 1 saturated heterocycles. The van der Waals surface area contributed by atoms with Crippen molar-refractivity contribution in [1.29, 1.82) is 0 Å². The fourth-order valence-electron chi connectivity index (χ4n) is 2.85. The number of hydrogen-bond acceptors (Lipinski definition) is 3. The average molecular weight is 328 g/mol. The van der Waals surface area contributed by atoms with Crippen molar-refractivity contribution in [3.63, 3.8) is 0 Å². The number of carbonyl (C=O) groups excluding carboxylic acids is 2. The number of hydrogen-bond donors (Lipinski definition) is 0. The van der Waals surface area contributed by atoms with E-state index in [1.54, 1.807) is 11.8 Å². The van der Waals surface area contributed by atoms with Gasteiger partial charge in [0.15, 0.2) is 0 Å². The Bertz CT molecular complexity index is 600. The second-order valence-corrected chi connectivity index (χ2v) is 6.22. The Morgan fingerprint density at radius 3 is 2.61 bits per heavy atom. The molecule has 2 heterocycles. The number of aryl methyl sites for hydroxylation is 1. The first-order valence-corrected chi connectivity index (χ1v) is 7.63. The number of amides is 2. The third-order valence-electron chi connectivity index (χ3n) is 4.02. The molecular formula is C15H22F2N4O2. The molecule has 23 heavy (non-hydrogen) atoms. The molecule has 1 unspecified atom stereocenters. The van der Waals surface area contributed by atoms with E-state index >= 15 is 0 Å². The molecule has 2 amide bonds. The number of halogens is 2. The van der Waals surface area contributed by atoms with Crippen molar-refractivity contribution in [2.24, 2.45) is 13.0 Å². The SMILES string of the molecule is CC(C)CN1CCN(C(=O)c2cnn(C)c2C(F)F)C(C)C1=O. The minimum absolute atomic E-state index is 0.139. The molecule has 1 atom stereocenters. The van der Waals surface area contributed by atoms with Crippen LogP contribution in [0.1, 0.15) is 43.2 Å². The van der Waals surface area contributed by atoms with Gasteiger partial charge in [-0.25, -0.2) is 8.78 Å². The van der Waals surface area contributed by atoms with Crippen LogP contribution >= 0.6 is 0 Å². The smallest absolute Gasteiger partial charge is 0.280 e. The first-order valence-electron chi connectivity index (χ1n) is 7.63. The van der Waals surface area contributed by atoms with Gasteiger partial charge < -0.3 is 9.80 Å². The van der Waals surface area contributed by atoms with Crippen molar-refractivity contribution in [2.45, 2.75) is 33.2 Å². The summed E-state index contributed by atoms with van der Waals surface area (Å²) in [5, 5.41) is 3.75. The molecule has 8 heteroatoms. The summed E-state index contributed by atoms with van der Waals surface area (Å²) in [6.45, 7) is 7.03. The summed E-state index contributed by atoms with van der Waals surface area (Å²) in [6, 6.07) is -0.666. The van der Waals surface area contributed by atoms with Crippen LogP contribution in [0.3, 0.4) is 0 Å². The van der Waals surface area contributed by atoms with Crippen LogP contribution in [-0.4, -0.2) is 57.1 Å². The molecule has 0 radical (unpaired) electrons. The lowest BCUT2D eigenvalue weighted by Crippen LogP contribution is -2.58. The maximum atomic E-state index is 13.1. The van der Waals surface area contributed by atoms with Crippen molar-refractivity contribution in [2.75, 3.05) is 19.6 Å². The normalized spacial score (nSPS) is 19.1. The summed E-state index contributed by atoms with van der Waals surface area (Å²) in [4.78, 5) is 28.1. The molecule has 1 aromatic heterocycles. The molecule has 0 saturated carbocycles. The molecule has 2 rings (SSSR count). The molecule has 128 valence electrons. The van der Waals surface area contributed by atoms with E-state index in [1.165, 1.54) is 11.9 Å². The number of piperazine rings is 1. The van der Waals surface area contributed by atoms with Crippen LogP contribution in [0.2, 0.25) is 0 Å². The minimum atomic E-state index is -2.80. The van der Waals surface area contributed by atoms with Crippen molar-refractivity contribution in [3.05, 3.63) is 17.5 Å². The highest BCUT2D eigenvalue weighted by atomic mass is 19.3. The second-order valence-electron chi connectivity index (χ2n) is 6.22. The van der Waals surface area contributed by atoms with Crippen molar-refractivity contribution >= 4 is 11.8 Å². The Balaban J connectivity index is 2.20. The van der Waals surface area contributed by atoms with Crippen LogP contribution in [0.15, 0.2) is 6.20 Å². The first-order chi connectivity index (χ1) is 10.7. The lowest BCUT2D eigenvalue weighted by molar-refractivity contribution is -0.140. The Hall–Kier alpha value is -1.99. The van der Waals surface area contributed by atoms with Gasteiger partial charge >= 0.3 is 0 Å². The molecule has 1 aromatic rings. The molecule has 0 spiro atoms. The van der Waals surface area contributed by atoms with E-state index in [2.05, 4.69) is 5.10 Å². The molecule has 0 N–H and O–H groups in total. The highest BCUT2D eigenvalue weighted by Crippen LogP contribution is 2.25. The van der Waals surface area contributed by atoms with E-state index in [0.29, 0.717) is 25.6 Å². The zero-order valence-corrected chi connectivity index (χ0v) is 13.8. The predicted molar refractivity (Wildman–Crippen MR) is 80.1 cm³/mol. The summed E-state index contributed by atoms with van der Waals surface area (Å²) < 4.78 is 27.2. The number of alkyl halides is 2. The summed E-state index contributed by atoms with van der Waals surface area (Å²) in [7, 11) is 1.37. The summed E-state index contributed by atoms with van der Waals surface area (Å²) >= 11 is 0. The van der Waals surface area contributed by atoms with Crippen LogP contribution in [0.25, 0.3) is 0 Å². The highest BCUT2D eigenvalue weighted by molar-refractivity contribution is 5.98. The quantitative estimate of drug-likeness (QED) is 0.845. The lowest BCUT2D eigenvalue weighted by atomic mass is 10.1. The summed E-state index contributed by atoms with van der Waals surface area (Å²) in [5.74, 6) is -0.392. The monoisotopic (exact) mass is 328 g/mol. The van der Waals surface area contributed by atoms with Gasteiger partial charge in [0.1, 0.15) is 11.7 Å². The molecule has 1 aliphatic heterocycles. The van der Waals surface area contributed by atoms with Gasteiger partial charge in [-0.1, -0.05) is 13.8 Å². The van der Waals surface area contributed by atoms with Crippen LogP contribution in [-0.2, 0) is 11.8 Å². The zero-order valence-electron chi connectivity index (χ0n) is 13.8. The Labute approximate surface area is 134 Å². The van der Waals surface area contributed by atoms with Gasteiger partial charge in [0, 0.05) is 26.7 Å². The van der Waals surface area contributed by atoms with E-state index in [-0.39, 0.29) is 11.5 Å². The Morgan fingerprint density at radius 2 is 2.04 bits per heavy atom. The number of nitrogens with zero attached hydrogens (tertiary/aromatic N) is 4. The van der Waals surface area contributed by atoms with Gasteiger partial charge in [0.25, 0.3) is 12.3 Å². The second kappa shape index (κ2) is 6.64. The first kappa shape index (κ1) is 17.4. The summed E-state index contributed by atoms with van der Waals surface area (Å²) in [5.41, 5.74) is -0.557. The fourth-order valence-corrected chi connectivity index (χ4v) is 2.85. The average Bonchev–Trinajstić information content (AvgIpc) is 2.85. The molecular weight excluding hydrogens is 306 g/mol. The third-order valence-corrected chi connectivity index (χ3v) is 4.02. The van der Waals surface area contributed by atoms with Crippen LogP contribution in [0.5, 0.6) is 0 Å². The largest absolute Gasteiger partial charge is 0.339 e. The Kier molecular flexibility index (Phi) is 5.01. The molecule has 1 fully saturated rings. The van der Waals surface area contributed by atoms with Crippen molar-refractivity contribution in [1.82, 2.24) is 19.6 Å². The van der Waals surface area contributed by atoms with Crippen molar-refractivity contribution in [3.8, 4) is 0 Å². The van der Waals surface area contributed by atoms with Gasteiger partial charge in [-0.2, -0.15) is 5.10 Å². The maximum Gasteiger partial charge on any atom is 0.280 e. The van der Waals surface area contributed by atoms with Crippen LogP contribution in [0, 0.1) is 5.92 Å². The molecule has 0 aliphatic carbocycles. The topological polar surface area (TPSA) is 58.4 Å². The molecule has 0 bridgehead atoms. The standard InChI is InChI=1S/C15H22F2N4O2/c1-9(2)8-20-5-6-21(10(3)14(20)22)15(23)11-7-18-19(4)12(11)13(16)17/h7,9-10,13H,5-6,8H2,1-4H3. The predicted octanol–water partition coefficient (Wildman–Crippen LogP) is 1.69. The van der Waals surface area contributed by atoms with Gasteiger partial charge in [0.2, 0.25) is 5.91 Å². The Morgan fingerprint density at radius 1 is 1.39 bits per heavy atom. The van der Waals surface area contributed by atoms with E-state index in [4.69, 9.17) is 0 Å². The summed E-state index contributed by atoms with van der Waals surface area (Å²) in [6.07, 6.45) is -1.66. The van der Waals surface area contributed by atoms with E-state index in [1.807, 2.05) is 13.8 Å². The van der Waals surface area contributed by atoms with Gasteiger partial charge in [-0.15, -0.1) is 0 Å². The zero-order chi connectivity index (χ0) is 17.3. The van der Waals surface area contributed by atoms with E-state index in [9.17, 15) is 18.4 Å². The number of carbonyl (C=O) groups is 2. The number of aromatic nitrogens is 2. The fraction of sp³-hybridized carbons (Fsp3) is 0.667. The van der Waals surface area contributed by atoms with Gasteiger partial charge in [-0.05, 0) is 12.8 Å². The van der Waals surface area contributed by atoms with Gasteiger partial charge in [0.05, 0.1) is 11.8 Å². The van der Waals surface area contributed by atoms with E-state index < -0.39 is 24.1 Å². The molecule has 0 aromatic carbocycles. The van der Waals surface area contributed by atoms with Crippen LogP contribution < -0.4 is 0 Å². The maximum absolute atomic E-state index is 13.1. The highest BCUT2D eigenvalue weighted by Gasteiger charge is 2.37. The van der Waals surface area contributed by atoms with E-state index in [0.717, 1.165) is 10.9 Å². The third kappa shape index (κ3) is 3.35. The molecule has 1 aliphatic rings. The van der Waals surface area contributed by atoms with Crippen molar-refractivity contribution < 1.29 is 18.4 Å².